The van der Waals surface area contributed by atoms with Crippen molar-refractivity contribution in [2.45, 2.75) is 89.7 Å². The van der Waals surface area contributed by atoms with Crippen molar-refractivity contribution in [2.24, 2.45) is 5.92 Å². The molecule has 2 atom stereocenters. The molecule has 1 N–H and O–H groups in total. The fourth-order valence-corrected chi connectivity index (χ4v) is 3.08. The van der Waals surface area contributed by atoms with Crippen LogP contribution in [0.4, 0.5) is 0 Å². The van der Waals surface area contributed by atoms with Gasteiger partial charge in [-0.25, -0.2) is 0 Å². The SMILES string of the molecule is CCCCCCCCCCC(NC)C(OC)C1CC1. The summed E-state index contributed by atoms with van der Waals surface area (Å²) >= 11 is 0. The summed E-state index contributed by atoms with van der Waals surface area (Å²) < 4.78 is 5.69. The van der Waals surface area contributed by atoms with Gasteiger partial charge in [-0.1, -0.05) is 58.3 Å². The number of nitrogens with one attached hydrogen (secondary N) is 1. The molecule has 1 saturated carbocycles. The van der Waals surface area contributed by atoms with Crippen LogP contribution in [-0.4, -0.2) is 26.3 Å². The molecule has 0 bridgehead atoms. The molecule has 0 heterocycles. The summed E-state index contributed by atoms with van der Waals surface area (Å²) in [6.45, 7) is 2.28. The lowest BCUT2D eigenvalue weighted by Gasteiger charge is -2.25. The van der Waals surface area contributed by atoms with E-state index in [1.807, 2.05) is 7.11 Å². The van der Waals surface area contributed by atoms with E-state index in [0.717, 1.165) is 5.92 Å². The Balaban J connectivity index is 1.99. The Kier molecular flexibility index (Phi) is 9.54. The minimum Gasteiger partial charge on any atom is -0.380 e. The third-order valence-electron chi connectivity index (χ3n) is 4.49. The highest BCUT2D eigenvalue weighted by Crippen LogP contribution is 2.36. The summed E-state index contributed by atoms with van der Waals surface area (Å²) in [6, 6.07) is 0.567. The van der Waals surface area contributed by atoms with E-state index in [0.29, 0.717) is 12.1 Å². The van der Waals surface area contributed by atoms with E-state index in [1.54, 1.807) is 0 Å². The number of rotatable bonds is 13. The highest BCUT2D eigenvalue weighted by molar-refractivity contribution is 4.89. The maximum atomic E-state index is 5.69. The topological polar surface area (TPSA) is 21.3 Å². The minimum atomic E-state index is 0.453. The average molecular weight is 269 g/mol. The van der Waals surface area contributed by atoms with Crippen LogP contribution in [0.2, 0.25) is 0 Å². The van der Waals surface area contributed by atoms with Crippen LogP contribution < -0.4 is 5.32 Å². The molecule has 0 aromatic heterocycles. The Morgan fingerprint density at radius 2 is 1.58 bits per heavy atom. The fraction of sp³-hybridized carbons (Fsp3) is 1.00. The van der Waals surface area contributed by atoms with Crippen molar-refractivity contribution in [3.8, 4) is 0 Å². The van der Waals surface area contributed by atoms with Crippen LogP contribution in [0, 0.1) is 5.92 Å². The maximum absolute atomic E-state index is 5.69. The maximum Gasteiger partial charge on any atom is 0.0752 e. The average Bonchev–Trinajstić information content (AvgIpc) is 3.25. The van der Waals surface area contributed by atoms with Crippen molar-refractivity contribution >= 4 is 0 Å². The zero-order valence-corrected chi connectivity index (χ0v) is 13.4. The molecule has 0 amide bonds. The van der Waals surface area contributed by atoms with Gasteiger partial charge in [0.2, 0.25) is 0 Å². The van der Waals surface area contributed by atoms with Crippen LogP contribution in [0.15, 0.2) is 0 Å². The van der Waals surface area contributed by atoms with E-state index in [9.17, 15) is 0 Å². The Hall–Kier alpha value is -0.0800. The fourth-order valence-electron chi connectivity index (χ4n) is 3.08. The number of methoxy groups -OCH3 is 1. The molecule has 0 spiro atoms. The van der Waals surface area contributed by atoms with E-state index in [1.165, 1.54) is 70.6 Å². The number of hydrogen-bond acceptors (Lipinski definition) is 2. The zero-order valence-electron chi connectivity index (χ0n) is 13.4. The van der Waals surface area contributed by atoms with Gasteiger partial charge in [0.15, 0.2) is 0 Å². The van der Waals surface area contributed by atoms with Gasteiger partial charge >= 0.3 is 0 Å². The Labute approximate surface area is 120 Å². The molecule has 2 unspecified atom stereocenters. The Bertz CT molecular complexity index is 203. The summed E-state index contributed by atoms with van der Waals surface area (Å²) in [5, 5.41) is 3.47. The third-order valence-corrected chi connectivity index (χ3v) is 4.49. The zero-order chi connectivity index (χ0) is 13.9. The second kappa shape index (κ2) is 10.7. The van der Waals surface area contributed by atoms with Gasteiger partial charge in [0.05, 0.1) is 6.10 Å². The summed E-state index contributed by atoms with van der Waals surface area (Å²) in [4.78, 5) is 0. The quantitative estimate of drug-likeness (QED) is 0.496. The van der Waals surface area contributed by atoms with Crippen LogP contribution in [0.3, 0.4) is 0 Å². The predicted octanol–water partition coefficient (Wildman–Crippen LogP) is 4.53. The van der Waals surface area contributed by atoms with Gasteiger partial charge in [-0.05, 0) is 32.2 Å². The van der Waals surface area contributed by atoms with Gasteiger partial charge in [0.25, 0.3) is 0 Å². The second-order valence-corrected chi connectivity index (χ2v) is 6.20. The summed E-state index contributed by atoms with van der Waals surface area (Å²) in [5.41, 5.74) is 0. The number of unbranched alkanes of at least 4 members (excludes halogenated alkanes) is 7. The second-order valence-electron chi connectivity index (χ2n) is 6.20. The molecular formula is C17H35NO. The van der Waals surface area contributed by atoms with Gasteiger partial charge in [0.1, 0.15) is 0 Å². The molecular weight excluding hydrogens is 234 g/mol. The summed E-state index contributed by atoms with van der Waals surface area (Å²) in [5.74, 6) is 0.830. The summed E-state index contributed by atoms with van der Waals surface area (Å²) in [7, 11) is 3.96. The van der Waals surface area contributed by atoms with Gasteiger partial charge in [-0.3, -0.25) is 0 Å². The van der Waals surface area contributed by atoms with E-state index in [4.69, 9.17) is 4.74 Å². The Morgan fingerprint density at radius 3 is 2.05 bits per heavy atom. The van der Waals surface area contributed by atoms with Crippen LogP contribution in [-0.2, 0) is 4.74 Å². The molecule has 0 aromatic carbocycles. The molecule has 0 aliphatic heterocycles. The van der Waals surface area contributed by atoms with Gasteiger partial charge in [-0.2, -0.15) is 0 Å². The molecule has 2 nitrogen and oxygen atoms in total. The number of ether oxygens (including phenoxy) is 1. The largest absolute Gasteiger partial charge is 0.380 e. The number of hydrogen-bond donors (Lipinski definition) is 1. The predicted molar refractivity (Wildman–Crippen MR) is 83.6 cm³/mol. The van der Waals surface area contributed by atoms with Crippen molar-refractivity contribution in [2.75, 3.05) is 14.2 Å². The normalized spacial score (nSPS) is 18.5. The van der Waals surface area contributed by atoms with Gasteiger partial charge in [-0.15, -0.1) is 0 Å². The first-order valence-electron chi connectivity index (χ1n) is 8.53. The molecule has 1 fully saturated rings. The highest BCUT2D eigenvalue weighted by atomic mass is 16.5. The lowest BCUT2D eigenvalue weighted by molar-refractivity contribution is 0.0499. The first-order valence-corrected chi connectivity index (χ1v) is 8.53. The van der Waals surface area contributed by atoms with Crippen molar-refractivity contribution in [1.82, 2.24) is 5.32 Å². The monoisotopic (exact) mass is 269 g/mol. The van der Waals surface area contributed by atoms with E-state index in [-0.39, 0.29) is 0 Å². The molecule has 1 rings (SSSR count). The minimum absolute atomic E-state index is 0.453. The van der Waals surface area contributed by atoms with Gasteiger partial charge < -0.3 is 10.1 Å². The highest BCUT2D eigenvalue weighted by Gasteiger charge is 2.35. The number of likely N-dealkylation sites (N-methyl/N-ethyl adjacent to an activating group) is 1. The molecule has 1 aliphatic rings. The van der Waals surface area contributed by atoms with Crippen molar-refractivity contribution in [3.63, 3.8) is 0 Å². The van der Waals surface area contributed by atoms with E-state index >= 15 is 0 Å². The van der Waals surface area contributed by atoms with Crippen LogP contribution in [0.1, 0.15) is 77.6 Å². The first kappa shape index (κ1) is 17.0. The van der Waals surface area contributed by atoms with Crippen molar-refractivity contribution in [3.05, 3.63) is 0 Å². The molecule has 19 heavy (non-hydrogen) atoms. The van der Waals surface area contributed by atoms with Gasteiger partial charge in [0, 0.05) is 13.2 Å². The molecule has 1 aliphatic carbocycles. The smallest absolute Gasteiger partial charge is 0.0752 e. The van der Waals surface area contributed by atoms with Crippen LogP contribution >= 0.6 is 0 Å². The van der Waals surface area contributed by atoms with Crippen molar-refractivity contribution in [1.29, 1.82) is 0 Å². The lowest BCUT2D eigenvalue weighted by Crippen LogP contribution is -2.40. The first-order chi connectivity index (χ1) is 9.33. The standard InChI is InChI=1S/C17H35NO/c1-4-5-6-7-8-9-10-11-12-16(18-2)17(19-3)15-13-14-15/h15-18H,4-14H2,1-3H3. The van der Waals surface area contributed by atoms with E-state index < -0.39 is 0 Å². The molecule has 0 saturated heterocycles. The molecule has 0 radical (unpaired) electrons. The molecule has 0 aromatic rings. The van der Waals surface area contributed by atoms with Crippen LogP contribution in [0.5, 0.6) is 0 Å². The lowest BCUT2D eigenvalue weighted by atomic mass is 9.99. The summed E-state index contributed by atoms with van der Waals surface area (Å²) in [6.07, 6.45) is 15.7. The van der Waals surface area contributed by atoms with Crippen molar-refractivity contribution < 1.29 is 4.74 Å². The van der Waals surface area contributed by atoms with E-state index in [2.05, 4.69) is 19.3 Å². The third kappa shape index (κ3) is 7.31. The van der Waals surface area contributed by atoms with Crippen LogP contribution in [0.25, 0.3) is 0 Å². The molecule has 114 valence electrons. The Morgan fingerprint density at radius 1 is 1.00 bits per heavy atom. The molecule has 2 heteroatoms.